The smallest absolute Gasteiger partial charge is 0.322 e. The Morgan fingerprint density at radius 2 is 2.07 bits per heavy atom. The van der Waals surface area contributed by atoms with Crippen LogP contribution in [0.25, 0.3) is 0 Å². The van der Waals surface area contributed by atoms with Gasteiger partial charge in [-0.1, -0.05) is 0 Å². The van der Waals surface area contributed by atoms with Gasteiger partial charge in [0.1, 0.15) is 16.5 Å². The van der Waals surface area contributed by atoms with Gasteiger partial charge in [-0.3, -0.25) is 9.69 Å². The fraction of sp³-hybridized carbons (Fsp3) is 0.421. The number of furan rings is 1. The molecule has 0 atom stereocenters. The van der Waals surface area contributed by atoms with Crippen LogP contribution < -0.4 is 15.5 Å². The third-order valence-electron chi connectivity index (χ3n) is 4.23. The zero-order valence-electron chi connectivity index (χ0n) is 15.8. The first-order chi connectivity index (χ1) is 12.9. The number of anilines is 1. The number of hydrogen-bond acceptors (Lipinski definition) is 5. The SMILES string of the molecule is Cc1cc(C)c2c(n1)SCCN2C(=O)NCCC(=O)NCc1ccc(C)o1. The number of urea groups is 1. The minimum Gasteiger partial charge on any atom is -0.465 e. The fourth-order valence-electron chi connectivity index (χ4n) is 3.01. The van der Waals surface area contributed by atoms with Gasteiger partial charge in [0.25, 0.3) is 0 Å². The molecule has 144 valence electrons. The highest BCUT2D eigenvalue weighted by atomic mass is 32.2. The summed E-state index contributed by atoms with van der Waals surface area (Å²) in [5.41, 5.74) is 2.85. The quantitative estimate of drug-likeness (QED) is 0.822. The van der Waals surface area contributed by atoms with Crippen molar-refractivity contribution in [3.05, 3.63) is 41.0 Å². The van der Waals surface area contributed by atoms with Crippen LogP contribution in [0.4, 0.5) is 10.5 Å². The second-order valence-electron chi connectivity index (χ2n) is 6.51. The maximum atomic E-state index is 12.6. The Labute approximate surface area is 162 Å². The van der Waals surface area contributed by atoms with Crippen molar-refractivity contribution >= 4 is 29.4 Å². The van der Waals surface area contributed by atoms with Crippen molar-refractivity contribution < 1.29 is 14.0 Å². The van der Waals surface area contributed by atoms with Crippen molar-refractivity contribution in [2.75, 3.05) is 23.7 Å². The van der Waals surface area contributed by atoms with Crippen molar-refractivity contribution in [2.24, 2.45) is 0 Å². The number of nitrogens with one attached hydrogen (secondary N) is 2. The van der Waals surface area contributed by atoms with Crippen molar-refractivity contribution in [2.45, 2.75) is 38.8 Å². The van der Waals surface area contributed by atoms with Gasteiger partial charge < -0.3 is 15.1 Å². The lowest BCUT2D eigenvalue weighted by molar-refractivity contribution is -0.121. The largest absolute Gasteiger partial charge is 0.465 e. The number of aromatic nitrogens is 1. The molecule has 0 fully saturated rings. The first-order valence-corrected chi connectivity index (χ1v) is 9.91. The van der Waals surface area contributed by atoms with Crippen LogP contribution in [-0.4, -0.2) is 35.8 Å². The molecule has 0 bridgehead atoms. The Bertz CT molecular complexity index is 849. The van der Waals surface area contributed by atoms with E-state index in [-0.39, 0.29) is 24.9 Å². The first kappa shape index (κ1) is 19.3. The Hall–Kier alpha value is -2.48. The summed E-state index contributed by atoms with van der Waals surface area (Å²) in [6, 6.07) is 5.48. The molecule has 7 nitrogen and oxygen atoms in total. The van der Waals surface area contributed by atoms with Crippen molar-refractivity contribution in [1.82, 2.24) is 15.6 Å². The van der Waals surface area contributed by atoms with E-state index in [0.717, 1.165) is 33.5 Å². The molecule has 1 aliphatic heterocycles. The monoisotopic (exact) mass is 388 g/mol. The summed E-state index contributed by atoms with van der Waals surface area (Å²) in [6.07, 6.45) is 0.214. The zero-order valence-corrected chi connectivity index (χ0v) is 16.6. The van der Waals surface area contributed by atoms with Gasteiger partial charge in [0.05, 0.1) is 12.2 Å². The van der Waals surface area contributed by atoms with Crippen LogP contribution >= 0.6 is 11.8 Å². The van der Waals surface area contributed by atoms with E-state index in [1.54, 1.807) is 16.7 Å². The molecule has 27 heavy (non-hydrogen) atoms. The number of aryl methyl sites for hydroxylation is 3. The molecule has 3 rings (SSSR count). The minimum atomic E-state index is -0.195. The van der Waals surface area contributed by atoms with Crippen LogP contribution in [-0.2, 0) is 11.3 Å². The van der Waals surface area contributed by atoms with Crippen molar-refractivity contribution in [3.63, 3.8) is 0 Å². The second kappa shape index (κ2) is 8.47. The molecule has 0 aliphatic carbocycles. The van der Waals surface area contributed by atoms with E-state index in [1.807, 2.05) is 39.0 Å². The van der Waals surface area contributed by atoms with Crippen molar-refractivity contribution in [3.8, 4) is 0 Å². The van der Waals surface area contributed by atoms with Crippen LogP contribution in [0.2, 0.25) is 0 Å². The van der Waals surface area contributed by atoms with Gasteiger partial charge in [-0.05, 0) is 44.5 Å². The molecule has 0 unspecified atom stereocenters. The summed E-state index contributed by atoms with van der Waals surface area (Å²) in [4.78, 5) is 30.8. The Morgan fingerprint density at radius 3 is 2.81 bits per heavy atom. The average molecular weight is 388 g/mol. The first-order valence-electron chi connectivity index (χ1n) is 8.92. The summed E-state index contributed by atoms with van der Waals surface area (Å²) < 4.78 is 5.41. The molecule has 3 amide bonds. The molecule has 0 saturated heterocycles. The highest BCUT2D eigenvalue weighted by Crippen LogP contribution is 2.36. The standard InChI is InChI=1S/C19H24N4O3S/c1-12-10-13(2)22-18-17(12)23(8-9-27-18)19(25)20-7-6-16(24)21-11-15-5-4-14(3)26-15/h4-5,10H,6-9,11H2,1-3H3,(H,20,25)(H,21,24). The van der Waals surface area contributed by atoms with Crippen LogP contribution in [0.3, 0.4) is 0 Å². The van der Waals surface area contributed by atoms with Gasteiger partial charge in [-0.2, -0.15) is 0 Å². The normalized spacial score (nSPS) is 13.2. The summed E-state index contributed by atoms with van der Waals surface area (Å²) in [6.45, 7) is 7.05. The van der Waals surface area contributed by atoms with Gasteiger partial charge in [0.15, 0.2) is 0 Å². The molecular weight excluding hydrogens is 364 g/mol. The number of fused-ring (bicyclic) bond motifs is 1. The molecule has 8 heteroatoms. The number of carbonyl (C=O) groups is 2. The number of hydrogen-bond donors (Lipinski definition) is 2. The van der Waals surface area contributed by atoms with Gasteiger partial charge >= 0.3 is 6.03 Å². The van der Waals surface area contributed by atoms with Crippen LogP contribution in [0.5, 0.6) is 0 Å². The summed E-state index contributed by atoms with van der Waals surface area (Å²) in [7, 11) is 0. The predicted molar refractivity (Wildman–Crippen MR) is 105 cm³/mol. The van der Waals surface area contributed by atoms with E-state index in [4.69, 9.17) is 4.42 Å². The lowest BCUT2D eigenvalue weighted by Crippen LogP contribution is -2.44. The second-order valence-corrected chi connectivity index (χ2v) is 7.59. The number of rotatable bonds is 5. The third kappa shape index (κ3) is 4.82. The van der Waals surface area contributed by atoms with E-state index in [9.17, 15) is 9.59 Å². The third-order valence-corrected chi connectivity index (χ3v) is 5.18. The molecular formula is C19H24N4O3S. The Kier molecular flexibility index (Phi) is 6.05. The van der Waals surface area contributed by atoms with Gasteiger partial charge in [0, 0.05) is 31.0 Å². The molecule has 2 aromatic rings. The lowest BCUT2D eigenvalue weighted by atomic mass is 10.2. The van der Waals surface area contributed by atoms with E-state index >= 15 is 0 Å². The lowest BCUT2D eigenvalue weighted by Gasteiger charge is -2.30. The zero-order chi connectivity index (χ0) is 19.4. The van der Waals surface area contributed by atoms with Gasteiger partial charge in [0.2, 0.25) is 5.91 Å². The summed E-state index contributed by atoms with van der Waals surface area (Å²) >= 11 is 1.67. The van der Waals surface area contributed by atoms with Gasteiger partial charge in [-0.25, -0.2) is 9.78 Å². The molecule has 2 aromatic heterocycles. The minimum absolute atomic E-state index is 0.132. The summed E-state index contributed by atoms with van der Waals surface area (Å²) in [5, 5.41) is 6.51. The van der Waals surface area contributed by atoms with Crippen LogP contribution in [0.15, 0.2) is 27.6 Å². The van der Waals surface area contributed by atoms with E-state index in [0.29, 0.717) is 18.8 Å². The predicted octanol–water partition coefficient (Wildman–Crippen LogP) is 2.93. The number of pyridine rings is 1. The van der Waals surface area contributed by atoms with E-state index < -0.39 is 0 Å². The highest BCUT2D eigenvalue weighted by Gasteiger charge is 2.26. The van der Waals surface area contributed by atoms with E-state index in [2.05, 4.69) is 15.6 Å². The topological polar surface area (TPSA) is 87.5 Å². The molecule has 1 aliphatic rings. The Balaban J connectivity index is 1.49. The van der Waals surface area contributed by atoms with Crippen LogP contribution in [0.1, 0.15) is 29.2 Å². The molecule has 2 N–H and O–H groups in total. The van der Waals surface area contributed by atoms with Gasteiger partial charge in [-0.15, -0.1) is 11.8 Å². The average Bonchev–Trinajstić information content (AvgIpc) is 3.04. The van der Waals surface area contributed by atoms with Crippen molar-refractivity contribution in [1.29, 1.82) is 0 Å². The molecule has 0 spiro atoms. The maximum Gasteiger partial charge on any atom is 0.322 e. The van der Waals surface area contributed by atoms with Crippen LogP contribution in [0, 0.1) is 20.8 Å². The molecule has 3 heterocycles. The highest BCUT2D eigenvalue weighted by molar-refractivity contribution is 7.99. The molecule has 0 aromatic carbocycles. The number of nitrogens with zero attached hydrogens (tertiary/aromatic N) is 2. The summed E-state index contributed by atoms with van der Waals surface area (Å²) in [5.74, 6) is 2.20. The Morgan fingerprint density at radius 1 is 1.26 bits per heavy atom. The molecule has 0 saturated carbocycles. The number of carbonyl (C=O) groups excluding carboxylic acids is 2. The maximum absolute atomic E-state index is 12.6. The molecule has 0 radical (unpaired) electrons. The fourth-order valence-corrected chi connectivity index (χ4v) is 4.09. The number of amides is 3. The number of thioether (sulfide) groups is 1. The van der Waals surface area contributed by atoms with E-state index in [1.165, 1.54) is 0 Å².